The fraction of sp³-hybridized carbons (Fsp3) is 0.348. The first-order valence-corrected chi connectivity index (χ1v) is 10.5. The summed E-state index contributed by atoms with van der Waals surface area (Å²) in [6.07, 6.45) is 6.81. The Hall–Kier alpha value is -3.55. The third-order valence-corrected chi connectivity index (χ3v) is 6.14. The minimum absolute atomic E-state index is 0.141. The molecule has 0 bridgehead atoms. The zero-order valence-electron chi connectivity index (χ0n) is 17.2. The molecule has 0 N–H and O–H groups in total. The molecular formula is C23H23N5O3. The number of amides is 1. The molecule has 3 heterocycles. The van der Waals surface area contributed by atoms with Crippen LogP contribution in [0.4, 0.5) is 4.79 Å². The van der Waals surface area contributed by atoms with Crippen LogP contribution in [-0.4, -0.2) is 55.7 Å². The summed E-state index contributed by atoms with van der Waals surface area (Å²) in [6.45, 7) is 2.83. The molecule has 158 valence electrons. The number of aromatic nitrogens is 4. The number of benzene rings is 1. The first kappa shape index (κ1) is 19.4. The van der Waals surface area contributed by atoms with Gasteiger partial charge in [0, 0.05) is 38.0 Å². The van der Waals surface area contributed by atoms with Gasteiger partial charge in [0.25, 0.3) is 0 Å². The van der Waals surface area contributed by atoms with Crippen LogP contribution in [0.2, 0.25) is 0 Å². The lowest BCUT2D eigenvalue weighted by Crippen LogP contribution is -2.34. The molecule has 1 saturated carbocycles. The molecule has 5 rings (SSSR count). The Kier molecular flexibility index (Phi) is 4.97. The minimum atomic E-state index is -0.170. The molecule has 8 heteroatoms. The molecule has 3 aromatic rings. The highest BCUT2D eigenvalue weighted by Crippen LogP contribution is 2.40. The van der Waals surface area contributed by atoms with Gasteiger partial charge in [-0.05, 0) is 48.9 Å². The first-order chi connectivity index (χ1) is 15.1. The van der Waals surface area contributed by atoms with Crippen LogP contribution < -0.4 is 4.74 Å². The minimum Gasteiger partial charge on any atom is -0.490 e. The number of hydrogen-bond acceptors (Lipinski definition) is 6. The molecule has 0 spiro atoms. The molecule has 1 saturated heterocycles. The Bertz CT molecular complexity index is 1100. The van der Waals surface area contributed by atoms with Crippen molar-refractivity contribution < 1.29 is 14.3 Å². The Balaban J connectivity index is 1.20. The van der Waals surface area contributed by atoms with Gasteiger partial charge >= 0.3 is 6.03 Å². The van der Waals surface area contributed by atoms with Crippen LogP contribution in [0.25, 0.3) is 11.3 Å². The van der Waals surface area contributed by atoms with Crippen molar-refractivity contribution >= 4 is 11.8 Å². The lowest BCUT2D eigenvalue weighted by Gasteiger charge is -2.20. The lowest BCUT2D eigenvalue weighted by atomic mass is 10.0. The van der Waals surface area contributed by atoms with Gasteiger partial charge in [-0.2, -0.15) is 9.78 Å². The summed E-state index contributed by atoms with van der Waals surface area (Å²) in [7, 11) is 0. The summed E-state index contributed by atoms with van der Waals surface area (Å²) in [5.41, 5.74) is 2.17. The average molecular weight is 417 g/mol. The van der Waals surface area contributed by atoms with E-state index in [1.54, 1.807) is 18.5 Å². The number of likely N-dealkylation sites (tertiary alicyclic amines) is 1. The van der Waals surface area contributed by atoms with E-state index in [0.717, 1.165) is 29.8 Å². The summed E-state index contributed by atoms with van der Waals surface area (Å²) in [5, 5.41) is 4.09. The van der Waals surface area contributed by atoms with Crippen LogP contribution >= 0.6 is 0 Å². The van der Waals surface area contributed by atoms with Crippen LogP contribution in [0.5, 0.6) is 5.75 Å². The maximum Gasteiger partial charge on any atom is 0.344 e. The van der Waals surface area contributed by atoms with E-state index in [4.69, 9.17) is 4.74 Å². The van der Waals surface area contributed by atoms with Gasteiger partial charge in [0.15, 0.2) is 5.78 Å². The highest BCUT2D eigenvalue weighted by molar-refractivity contribution is 5.92. The van der Waals surface area contributed by atoms with Crippen LogP contribution in [0.1, 0.15) is 30.3 Å². The van der Waals surface area contributed by atoms with Gasteiger partial charge in [-0.1, -0.05) is 12.1 Å². The summed E-state index contributed by atoms with van der Waals surface area (Å²) in [5.74, 6) is 1.53. The van der Waals surface area contributed by atoms with Crippen molar-refractivity contribution in [2.24, 2.45) is 11.8 Å². The summed E-state index contributed by atoms with van der Waals surface area (Å²) in [6, 6.07) is 11.3. The van der Waals surface area contributed by atoms with Crippen molar-refractivity contribution in [3.63, 3.8) is 0 Å². The zero-order valence-corrected chi connectivity index (χ0v) is 17.2. The van der Waals surface area contributed by atoms with Gasteiger partial charge in [0.1, 0.15) is 17.8 Å². The fourth-order valence-corrected chi connectivity index (χ4v) is 4.64. The third kappa shape index (κ3) is 3.93. The molecule has 31 heavy (non-hydrogen) atoms. The fourth-order valence-electron chi connectivity index (χ4n) is 4.64. The van der Waals surface area contributed by atoms with Crippen molar-refractivity contribution in [3.8, 4) is 17.0 Å². The van der Waals surface area contributed by atoms with E-state index < -0.39 is 0 Å². The van der Waals surface area contributed by atoms with E-state index in [0.29, 0.717) is 30.6 Å². The molecule has 1 amide bonds. The molecule has 8 nitrogen and oxygen atoms in total. The average Bonchev–Trinajstić information content (AvgIpc) is 3.49. The number of carbonyl (C=O) groups is 2. The highest BCUT2D eigenvalue weighted by atomic mass is 16.5. The Morgan fingerprint density at radius 2 is 1.90 bits per heavy atom. The highest BCUT2D eigenvalue weighted by Gasteiger charge is 2.43. The number of Topliss-reactive ketones (excluding diaryl/α,β-unsaturated/α-hetero) is 1. The number of nitrogens with zero attached hydrogens (tertiary/aromatic N) is 5. The lowest BCUT2D eigenvalue weighted by molar-refractivity contribution is 0.101. The predicted molar refractivity (Wildman–Crippen MR) is 113 cm³/mol. The molecule has 3 atom stereocenters. The number of carbonyl (C=O) groups excluding carboxylic acids is 2. The molecule has 2 aromatic heterocycles. The Labute approximate surface area is 179 Å². The monoisotopic (exact) mass is 417 g/mol. The zero-order chi connectivity index (χ0) is 21.4. The van der Waals surface area contributed by atoms with E-state index in [2.05, 4.69) is 15.1 Å². The maximum atomic E-state index is 12.7. The van der Waals surface area contributed by atoms with Gasteiger partial charge in [-0.15, -0.1) is 0 Å². The van der Waals surface area contributed by atoms with Crippen molar-refractivity contribution in [3.05, 3.63) is 60.8 Å². The number of fused-ring (bicyclic) bond motifs is 1. The van der Waals surface area contributed by atoms with Crippen LogP contribution in [0.3, 0.4) is 0 Å². The second-order valence-corrected chi connectivity index (χ2v) is 8.24. The van der Waals surface area contributed by atoms with Crippen molar-refractivity contribution in [1.29, 1.82) is 0 Å². The Morgan fingerprint density at radius 1 is 1.10 bits per heavy atom. The maximum absolute atomic E-state index is 12.7. The number of ether oxygens (including phenoxy) is 1. The van der Waals surface area contributed by atoms with Crippen molar-refractivity contribution in [1.82, 2.24) is 24.6 Å². The van der Waals surface area contributed by atoms with Gasteiger partial charge in [-0.25, -0.2) is 14.8 Å². The van der Waals surface area contributed by atoms with Gasteiger partial charge in [-0.3, -0.25) is 4.79 Å². The van der Waals surface area contributed by atoms with E-state index in [9.17, 15) is 9.59 Å². The summed E-state index contributed by atoms with van der Waals surface area (Å²) < 4.78 is 7.55. The SMILES string of the molecule is CC(=O)c1ccn(C(=O)N2C[C@H]3C[C@H](Oc4cccc(-c5ccncn5)c4)C[C@H]3C2)n1. The van der Waals surface area contributed by atoms with E-state index in [-0.39, 0.29) is 17.9 Å². The molecular weight excluding hydrogens is 394 g/mol. The van der Waals surface area contributed by atoms with Crippen LogP contribution in [0, 0.1) is 11.8 Å². The molecule has 1 aliphatic carbocycles. The van der Waals surface area contributed by atoms with Crippen LogP contribution in [-0.2, 0) is 0 Å². The molecule has 0 unspecified atom stereocenters. The van der Waals surface area contributed by atoms with Crippen LogP contribution in [0.15, 0.2) is 55.1 Å². The van der Waals surface area contributed by atoms with E-state index in [1.807, 2.05) is 35.2 Å². The smallest absolute Gasteiger partial charge is 0.344 e. The second kappa shape index (κ2) is 7.94. The van der Waals surface area contributed by atoms with Gasteiger partial charge in [0.2, 0.25) is 0 Å². The molecule has 2 aliphatic rings. The van der Waals surface area contributed by atoms with E-state index in [1.165, 1.54) is 17.9 Å². The molecule has 0 radical (unpaired) electrons. The second-order valence-electron chi connectivity index (χ2n) is 8.24. The Morgan fingerprint density at radius 3 is 2.58 bits per heavy atom. The molecule has 1 aromatic carbocycles. The van der Waals surface area contributed by atoms with E-state index >= 15 is 0 Å². The topological polar surface area (TPSA) is 90.2 Å². The quantitative estimate of drug-likeness (QED) is 0.605. The van der Waals surface area contributed by atoms with Gasteiger partial charge in [0.05, 0.1) is 11.8 Å². The number of hydrogen-bond donors (Lipinski definition) is 0. The van der Waals surface area contributed by atoms with Gasteiger partial charge < -0.3 is 9.64 Å². The molecule has 2 fully saturated rings. The first-order valence-electron chi connectivity index (χ1n) is 10.5. The normalized spacial score (nSPS) is 22.4. The largest absolute Gasteiger partial charge is 0.490 e. The summed E-state index contributed by atoms with van der Waals surface area (Å²) in [4.78, 5) is 34.3. The number of rotatable bonds is 4. The van der Waals surface area contributed by atoms with Crippen molar-refractivity contribution in [2.75, 3.05) is 13.1 Å². The standard InChI is InChI=1S/C23H23N5O3/c1-15(29)21-6-8-28(26-21)23(30)27-12-17-10-20(11-18(17)13-27)31-19-4-2-3-16(9-19)22-5-7-24-14-25-22/h2-9,14,17-18,20H,10-13H2,1H3/t17-,18+,20+. The number of ketones is 1. The summed E-state index contributed by atoms with van der Waals surface area (Å²) >= 11 is 0. The van der Waals surface area contributed by atoms with Crippen molar-refractivity contribution in [2.45, 2.75) is 25.9 Å². The predicted octanol–water partition coefficient (Wildman–Crippen LogP) is 3.30. The third-order valence-electron chi connectivity index (χ3n) is 6.14. The molecule has 1 aliphatic heterocycles.